The zero-order valence-corrected chi connectivity index (χ0v) is 11.8. The number of piperazine rings is 1. The summed E-state index contributed by atoms with van der Waals surface area (Å²) < 4.78 is 5.28. The third-order valence-electron chi connectivity index (χ3n) is 3.21. The van der Waals surface area contributed by atoms with E-state index in [9.17, 15) is 14.7 Å². The van der Waals surface area contributed by atoms with E-state index in [1.165, 1.54) is 11.3 Å². The van der Waals surface area contributed by atoms with Crippen molar-refractivity contribution in [3.05, 3.63) is 29.5 Å². The van der Waals surface area contributed by atoms with Crippen molar-refractivity contribution in [2.45, 2.75) is 12.6 Å². The molecule has 2 aromatic rings. The van der Waals surface area contributed by atoms with Crippen LogP contribution in [0.5, 0.6) is 0 Å². The van der Waals surface area contributed by atoms with Crippen molar-refractivity contribution in [1.82, 2.24) is 15.2 Å². The molecule has 0 bridgehead atoms. The Morgan fingerprint density at radius 3 is 3.19 bits per heavy atom. The highest BCUT2D eigenvalue weighted by atomic mass is 32.1. The van der Waals surface area contributed by atoms with E-state index in [0.29, 0.717) is 12.3 Å². The second-order valence-corrected chi connectivity index (χ2v) is 5.54. The maximum Gasteiger partial charge on any atom is 0.322 e. The SMILES string of the molecule is O=C1CN(Cc2csc(-c3ccco3)n2)C(C(=O)O)CN1. The van der Waals surface area contributed by atoms with E-state index < -0.39 is 12.0 Å². The molecule has 3 heterocycles. The topological polar surface area (TPSA) is 95.7 Å². The highest BCUT2D eigenvalue weighted by molar-refractivity contribution is 7.13. The second-order valence-electron chi connectivity index (χ2n) is 4.68. The molecule has 0 aliphatic carbocycles. The summed E-state index contributed by atoms with van der Waals surface area (Å²) in [5.41, 5.74) is 0.729. The van der Waals surface area contributed by atoms with E-state index in [0.717, 1.165) is 10.7 Å². The van der Waals surface area contributed by atoms with Crippen LogP contribution in [0.15, 0.2) is 28.2 Å². The normalized spacial score (nSPS) is 19.4. The first-order valence-electron chi connectivity index (χ1n) is 6.35. The van der Waals surface area contributed by atoms with E-state index in [1.54, 1.807) is 17.2 Å². The van der Waals surface area contributed by atoms with Gasteiger partial charge in [0.25, 0.3) is 0 Å². The average Bonchev–Trinajstić information content (AvgIpc) is 3.08. The second kappa shape index (κ2) is 5.66. The zero-order valence-electron chi connectivity index (χ0n) is 11.0. The molecule has 8 heteroatoms. The molecular weight excluding hydrogens is 294 g/mol. The van der Waals surface area contributed by atoms with Crippen LogP contribution in [0.3, 0.4) is 0 Å². The summed E-state index contributed by atoms with van der Waals surface area (Å²) in [6, 6.07) is 2.87. The first-order valence-corrected chi connectivity index (χ1v) is 7.23. The number of aromatic nitrogens is 1. The van der Waals surface area contributed by atoms with Gasteiger partial charge in [0.1, 0.15) is 6.04 Å². The van der Waals surface area contributed by atoms with E-state index in [1.807, 2.05) is 11.4 Å². The Bertz CT molecular complexity index is 652. The lowest BCUT2D eigenvalue weighted by Gasteiger charge is -2.31. The average molecular weight is 307 g/mol. The van der Waals surface area contributed by atoms with Crippen molar-refractivity contribution < 1.29 is 19.1 Å². The molecule has 0 saturated carbocycles. The molecule has 1 aliphatic heterocycles. The van der Waals surface area contributed by atoms with Crippen LogP contribution in [0.1, 0.15) is 5.69 Å². The highest BCUT2D eigenvalue weighted by Gasteiger charge is 2.32. The predicted molar refractivity (Wildman–Crippen MR) is 74.7 cm³/mol. The quantitative estimate of drug-likeness (QED) is 0.867. The Hall–Kier alpha value is -2.19. The van der Waals surface area contributed by atoms with Gasteiger partial charge >= 0.3 is 5.97 Å². The van der Waals surface area contributed by atoms with Crippen LogP contribution in [0, 0.1) is 0 Å². The van der Waals surface area contributed by atoms with Gasteiger partial charge in [0.05, 0.1) is 18.5 Å². The first-order chi connectivity index (χ1) is 10.1. The number of nitrogens with zero attached hydrogens (tertiary/aromatic N) is 2. The molecule has 0 aromatic carbocycles. The number of carboxylic acids is 1. The highest BCUT2D eigenvalue weighted by Crippen LogP contribution is 2.25. The molecule has 1 fully saturated rings. The van der Waals surface area contributed by atoms with Crippen LogP contribution in [-0.2, 0) is 16.1 Å². The number of nitrogens with one attached hydrogen (secondary N) is 1. The smallest absolute Gasteiger partial charge is 0.322 e. The minimum Gasteiger partial charge on any atom is -0.480 e. The molecule has 1 saturated heterocycles. The fourth-order valence-electron chi connectivity index (χ4n) is 2.20. The molecular formula is C13H13N3O4S. The molecule has 2 aromatic heterocycles. The molecule has 1 unspecified atom stereocenters. The molecule has 1 atom stereocenters. The van der Waals surface area contributed by atoms with Crippen LogP contribution in [0.2, 0.25) is 0 Å². The third kappa shape index (κ3) is 2.96. The number of hydrogen-bond acceptors (Lipinski definition) is 6. The number of hydrogen-bond donors (Lipinski definition) is 2. The lowest BCUT2D eigenvalue weighted by Crippen LogP contribution is -2.56. The summed E-state index contributed by atoms with van der Waals surface area (Å²) >= 11 is 1.43. The lowest BCUT2D eigenvalue weighted by atomic mass is 10.2. The lowest BCUT2D eigenvalue weighted by molar-refractivity contribution is -0.146. The van der Waals surface area contributed by atoms with E-state index in [4.69, 9.17) is 4.42 Å². The maximum atomic E-state index is 11.4. The van der Waals surface area contributed by atoms with Crippen molar-refractivity contribution in [3.8, 4) is 10.8 Å². The number of carbonyl (C=O) groups excluding carboxylic acids is 1. The minimum atomic E-state index is -0.948. The van der Waals surface area contributed by atoms with Gasteiger partial charge in [-0.05, 0) is 12.1 Å². The van der Waals surface area contributed by atoms with Crippen LogP contribution < -0.4 is 5.32 Å². The molecule has 2 N–H and O–H groups in total. The summed E-state index contributed by atoms with van der Waals surface area (Å²) in [6.45, 7) is 0.496. The van der Waals surface area contributed by atoms with Gasteiger partial charge < -0.3 is 14.8 Å². The zero-order chi connectivity index (χ0) is 14.8. The van der Waals surface area contributed by atoms with Crippen LogP contribution in [-0.4, -0.2) is 46.0 Å². The van der Waals surface area contributed by atoms with Gasteiger partial charge in [0, 0.05) is 18.5 Å². The Labute approximate surface area is 124 Å². The minimum absolute atomic E-state index is 0.0601. The summed E-state index contributed by atoms with van der Waals surface area (Å²) in [4.78, 5) is 28.7. The van der Waals surface area contributed by atoms with E-state index in [2.05, 4.69) is 10.3 Å². The van der Waals surface area contributed by atoms with Crippen molar-refractivity contribution >= 4 is 23.2 Å². The Kier molecular flexibility index (Phi) is 3.72. The number of thiazole rings is 1. The summed E-state index contributed by atoms with van der Waals surface area (Å²) in [5.74, 6) is -0.442. The van der Waals surface area contributed by atoms with Gasteiger partial charge in [0.15, 0.2) is 10.8 Å². The summed E-state index contributed by atoms with van der Waals surface area (Å²) in [6.07, 6.45) is 1.58. The van der Waals surface area contributed by atoms with Gasteiger partial charge in [-0.2, -0.15) is 0 Å². The number of amides is 1. The van der Waals surface area contributed by atoms with Gasteiger partial charge in [-0.15, -0.1) is 11.3 Å². The molecule has 21 heavy (non-hydrogen) atoms. The van der Waals surface area contributed by atoms with Crippen LogP contribution in [0.25, 0.3) is 10.8 Å². The van der Waals surface area contributed by atoms with E-state index in [-0.39, 0.29) is 19.0 Å². The van der Waals surface area contributed by atoms with Gasteiger partial charge in [-0.25, -0.2) is 4.98 Å². The van der Waals surface area contributed by atoms with Crippen molar-refractivity contribution in [1.29, 1.82) is 0 Å². The number of carboxylic acid groups (broad SMARTS) is 1. The molecule has 0 spiro atoms. The number of rotatable bonds is 4. The number of furan rings is 1. The standard InChI is InChI=1S/C13H13N3O4S/c17-11-6-16(9(4-14-11)13(18)19)5-8-7-21-12(15-8)10-2-1-3-20-10/h1-3,7,9H,4-6H2,(H,14,17)(H,18,19). The van der Waals surface area contributed by atoms with Crippen molar-refractivity contribution in [2.75, 3.05) is 13.1 Å². The molecule has 7 nitrogen and oxygen atoms in total. The molecule has 1 aliphatic rings. The van der Waals surface area contributed by atoms with Crippen LogP contribution in [0.4, 0.5) is 0 Å². The van der Waals surface area contributed by atoms with Gasteiger partial charge in [-0.1, -0.05) is 0 Å². The largest absolute Gasteiger partial charge is 0.480 e. The van der Waals surface area contributed by atoms with Crippen molar-refractivity contribution in [2.24, 2.45) is 0 Å². The summed E-state index contributed by atoms with van der Waals surface area (Å²) in [7, 11) is 0. The predicted octanol–water partition coefficient (Wildman–Crippen LogP) is 0.788. The molecule has 3 rings (SSSR count). The maximum absolute atomic E-state index is 11.4. The third-order valence-corrected chi connectivity index (χ3v) is 4.12. The number of aliphatic carboxylic acids is 1. The number of carbonyl (C=O) groups is 2. The Morgan fingerprint density at radius 2 is 2.48 bits per heavy atom. The van der Waals surface area contributed by atoms with Crippen LogP contribution >= 0.6 is 11.3 Å². The van der Waals surface area contributed by atoms with E-state index >= 15 is 0 Å². The first kappa shape index (κ1) is 13.8. The monoisotopic (exact) mass is 307 g/mol. The molecule has 1 amide bonds. The van der Waals surface area contributed by atoms with Crippen molar-refractivity contribution in [3.63, 3.8) is 0 Å². The fraction of sp³-hybridized carbons (Fsp3) is 0.308. The van der Waals surface area contributed by atoms with Gasteiger partial charge in [0.2, 0.25) is 5.91 Å². The fourth-order valence-corrected chi connectivity index (χ4v) is 2.98. The Balaban J connectivity index is 1.75. The summed E-state index contributed by atoms with van der Waals surface area (Å²) in [5, 5.41) is 14.4. The molecule has 110 valence electrons. The molecule has 0 radical (unpaired) electrons. The van der Waals surface area contributed by atoms with Gasteiger partial charge in [-0.3, -0.25) is 14.5 Å². The Morgan fingerprint density at radius 1 is 1.62 bits per heavy atom.